The standard InChI is InChI=1S/C23H34O2Si/c1-15-13-16-14-17(24-3)7-8-18(16)19-11-12-23(2)20(22(15)19)9-10-21(23)25-26(4,5)6/h7-8,10,14-15,19-20,22H,9,11-13H2,1-6H3/t15-,19-,20+,22-,23+/m1/s1. The topological polar surface area (TPSA) is 18.5 Å². The quantitative estimate of drug-likeness (QED) is 0.595. The molecule has 0 unspecified atom stereocenters. The summed E-state index contributed by atoms with van der Waals surface area (Å²) in [6.45, 7) is 11.9. The largest absolute Gasteiger partial charge is 0.547 e. The smallest absolute Gasteiger partial charge is 0.241 e. The maximum Gasteiger partial charge on any atom is 0.241 e. The lowest BCUT2D eigenvalue weighted by Crippen LogP contribution is -2.45. The lowest BCUT2D eigenvalue weighted by Gasteiger charge is -2.52. The second-order valence-corrected chi connectivity index (χ2v) is 14.4. The van der Waals surface area contributed by atoms with Crippen molar-refractivity contribution >= 4 is 8.32 Å². The molecule has 1 aromatic carbocycles. The van der Waals surface area contributed by atoms with Gasteiger partial charge in [-0.1, -0.05) is 19.9 Å². The normalized spacial score (nSPS) is 35.8. The maximum absolute atomic E-state index is 6.57. The van der Waals surface area contributed by atoms with E-state index in [9.17, 15) is 0 Å². The number of hydrogen-bond donors (Lipinski definition) is 0. The first-order valence-electron chi connectivity index (χ1n) is 10.3. The van der Waals surface area contributed by atoms with Gasteiger partial charge in [0.25, 0.3) is 0 Å². The summed E-state index contributed by atoms with van der Waals surface area (Å²) in [5, 5.41) is 0. The van der Waals surface area contributed by atoms with Crippen LogP contribution in [0.4, 0.5) is 0 Å². The summed E-state index contributed by atoms with van der Waals surface area (Å²) < 4.78 is 12.0. The number of ether oxygens (including phenoxy) is 1. The third-order valence-electron chi connectivity index (χ3n) is 7.21. The fraction of sp³-hybridized carbons (Fsp3) is 0.652. The molecule has 0 amide bonds. The van der Waals surface area contributed by atoms with Gasteiger partial charge in [0.1, 0.15) is 5.75 Å². The first-order chi connectivity index (χ1) is 12.2. The highest BCUT2D eigenvalue weighted by molar-refractivity contribution is 6.70. The Hall–Kier alpha value is -1.22. The van der Waals surface area contributed by atoms with E-state index in [1.807, 2.05) is 0 Å². The zero-order valence-corrected chi connectivity index (χ0v) is 18.3. The molecule has 2 nitrogen and oxygen atoms in total. The minimum atomic E-state index is -1.56. The minimum absolute atomic E-state index is 0.250. The molecular formula is C23H34O2Si. The summed E-state index contributed by atoms with van der Waals surface area (Å²) in [7, 11) is 0.214. The number of benzene rings is 1. The van der Waals surface area contributed by atoms with Crippen molar-refractivity contribution in [1.82, 2.24) is 0 Å². The molecule has 1 saturated carbocycles. The highest BCUT2D eigenvalue weighted by atomic mass is 28.4. The minimum Gasteiger partial charge on any atom is -0.547 e. The van der Waals surface area contributed by atoms with Gasteiger partial charge in [-0.15, -0.1) is 0 Å². The van der Waals surface area contributed by atoms with Gasteiger partial charge >= 0.3 is 0 Å². The SMILES string of the molecule is COc1ccc2c(c1)C[C@@H](C)[C@@H]1[C@@H]2CC[C@]2(C)C(O[Si](C)(C)C)=CC[C@@H]12. The van der Waals surface area contributed by atoms with Crippen LogP contribution in [0.3, 0.4) is 0 Å². The second-order valence-electron chi connectivity index (χ2n) is 10.0. The van der Waals surface area contributed by atoms with Gasteiger partial charge in [0.2, 0.25) is 8.32 Å². The summed E-state index contributed by atoms with van der Waals surface area (Å²) >= 11 is 0. The Morgan fingerprint density at radius 3 is 2.65 bits per heavy atom. The fourth-order valence-electron chi connectivity index (χ4n) is 6.10. The third kappa shape index (κ3) is 2.83. The molecule has 3 heteroatoms. The van der Waals surface area contributed by atoms with E-state index in [0.717, 1.165) is 23.5 Å². The molecule has 0 spiro atoms. The van der Waals surface area contributed by atoms with Crippen molar-refractivity contribution in [3.8, 4) is 5.75 Å². The van der Waals surface area contributed by atoms with Crippen LogP contribution in [-0.4, -0.2) is 15.4 Å². The van der Waals surface area contributed by atoms with E-state index < -0.39 is 8.32 Å². The molecule has 0 aliphatic heterocycles. The van der Waals surface area contributed by atoms with Gasteiger partial charge in [-0.05, 0) is 98.3 Å². The zero-order chi connectivity index (χ0) is 18.7. The Kier molecular flexibility index (Phi) is 4.30. The van der Waals surface area contributed by atoms with Crippen LogP contribution < -0.4 is 4.74 Å². The van der Waals surface area contributed by atoms with Crippen molar-refractivity contribution in [2.45, 2.75) is 65.1 Å². The molecule has 1 fully saturated rings. The Morgan fingerprint density at radius 2 is 1.96 bits per heavy atom. The molecule has 0 heterocycles. The summed E-state index contributed by atoms with van der Waals surface area (Å²) in [5.74, 6) is 5.27. The van der Waals surface area contributed by atoms with E-state index in [1.165, 1.54) is 37.0 Å². The predicted octanol–water partition coefficient (Wildman–Crippen LogP) is 6.14. The van der Waals surface area contributed by atoms with Crippen LogP contribution in [0, 0.1) is 23.2 Å². The summed E-state index contributed by atoms with van der Waals surface area (Å²) in [5.41, 5.74) is 3.36. The molecular weight excluding hydrogens is 336 g/mol. The van der Waals surface area contributed by atoms with Crippen LogP contribution in [0.5, 0.6) is 5.75 Å². The van der Waals surface area contributed by atoms with Crippen LogP contribution >= 0.6 is 0 Å². The van der Waals surface area contributed by atoms with E-state index in [4.69, 9.17) is 9.16 Å². The van der Waals surface area contributed by atoms with E-state index in [0.29, 0.717) is 5.92 Å². The monoisotopic (exact) mass is 370 g/mol. The molecule has 4 rings (SSSR count). The van der Waals surface area contributed by atoms with Gasteiger partial charge in [0.05, 0.1) is 12.9 Å². The highest BCUT2D eigenvalue weighted by Gasteiger charge is 2.54. The maximum atomic E-state index is 6.57. The first-order valence-corrected chi connectivity index (χ1v) is 13.7. The number of rotatable bonds is 3. The van der Waals surface area contributed by atoms with Gasteiger partial charge < -0.3 is 9.16 Å². The van der Waals surface area contributed by atoms with Crippen molar-refractivity contribution in [2.75, 3.05) is 7.11 Å². The molecule has 0 radical (unpaired) electrons. The molecule has 5 atom stereocenters. The van der Waals surface area contributed by atoms with Gasteiger partial charge in [0, 0.05) is 5.41 Å². The molecule has 0 N–H and O–H groups in total. The summed E-state index contributed by atoms with van der Waals surface area (Å²) in [4.78, 5) is 0. The van der Waals surface area contributed by atoms with Gasteiger partial charge in [-0.3, -0.25) is 0 Å². The Bertz CT molecular complexity index is 732. The Labute approximate surface area is 160 Å². The first kappa shape index (κ1) is 18.2. The van der Waals surface area contributed by atoms with E-state index in [2.05, 4.69) is 57.8 Å². The lowest BCUT2D eigenvalue weighted by atomic mass is 9.53. The molecule has 1 aromatic rings. The molecule has 0 saturated heterocycles. The second kappa shape index (κ2) is 6.15. The van der Waals surface area contributed by atoms with E-state index in [-0.39, 0.29) is 5.41 Å². The van der Waals surface area contributed by atoms with E-state index in [1.54, 1.807) is 12.7 Å². The summed E-state index contributed by atoms with van der Waals surface area (Å²) in [6, 6.07) is 6.79. The zero-order valence-electron chi connectivity index (χ0n) is 17.3. The Balaban J connectivity index is 1.65. The van der Waals surface area contributed by atoms with Crippen LogP contribution in [0.2, 0.25) is 19.6 Å². The molecule has 142 valence electrons. The van der Waals surface area contributed by atoms with Gasteiger partial charge in [0.15, 0.2) is 0 Å². The van der Waals surface area contributed by atoms with Crippen LogP contribution in [0.25, 0.3) is 0 Å². The van der Waals surface area contributed by atoms with Crippen molar-refractivity contribution in [3.63, 3.8) is 0 Å². The van der Waals surface area contributed by atoms with Crippen LogP contribution in [0.15, 0.2) is 30.0 Å². The number of allylic oxidation sites excluding steroid dienone is 2. The van der Waals surface area contributed by atoms with Crippen LogP contribution in [-0.2, 0) is 10.8 Å². The van der Waals surface area contributed by atoms with Crippen molar-refractivity contribution in [2.24, 2.45) is 23.2 Å². The van der Waals surface area contributed by atoms with E-state index >= 15 is 0 Å². The number of hydrogen-bond acceptors (Lipinski definition) is 2. The van der Waals surface area contributed by atoms with Gasteiger partial charge in [-0.2, -0.15) is 0 Å². The molecule has 26 heavy (non-hydrogen) atoms. The number of fused-ring (bicyclic) bond motifs is 5. The molecule has 0 bridgehead atoms. The average molecular weight is 371 g/mol. The summed E-state index contributed by atoms with van der Waals surface area (Å²) in [6.07, 6.45) is 7.38. The molecule has 3 aliphatic rings. The Morgan fingerprint density at radius 1 is 1.19 bits per heavy atom. The average Bonchev–Trinajstić information content (AvgIpc) is 2.89. The van der Waals surface area contributed by atoms with Crippen LogP contribution in [0.1, 0.15) is 50.2 Å². The number of methoxy groups -OCH3 is 1. The van der Waals surface area contributed by atoms with Gasteiger partial charge in [-0.25, -0.2) is 0 Å². The van der Waals surface area contributed by atoms with Crippen molar-refractivity contribution in [1.29, 1.82) is 0 Å². The fourth-order valence-corrected chi connectivity index (χ4v) is 7.08. The third-order valence-corrected chi connectivity index (χ3v) is 8.04. The predicted molar refractivity (Wildman–Crippen MR) is 110 cm³/mol. The molecule has 3 aliphatic carbocycles. The highest BCUT2D eigenvalue weighted by Crippen LogP contribution is 2.62. The molecule has 0 aromatic heterocycles. The lowest BCUT2D eigenvalue weighted by molar-refractivity contribution is 0.0249. The van der Waals surface area contributed by atoms with Crippen molar-refractivity contribution < 1.29 is 9.16 Å². The van der Waals surface area contributed by atoms with Crippen molar-refractivity contribution in [3.05, 3.63) is 41.2 Å².